The van der Waals surface area contributed by atoms with Crippen LogP contribution >= 0.6 is 0 Å². The first kappa shape index (κ1) is 19.5. The van der Waals surface area contributed by atoms with Gasteiger partial charge in [-0.2, -0.15) is 0 Å². The first-order chi connectivity index (χ1) is 14.1. The van der Waals surface area contributed by atoms with Crippen molar-refractivity contribution in [2.24, 2.45) is 0 Å². The Labute approximate surface area is 170 Å². The van der Waals surface area contributed by atoms with E-state index in [1.807, 2.05) is 24.3 Å². The molecule has 0 radical (unpaired) electrons. The second kappa shape index (κ2) is 7.87. The van der Waals surface area contributed by atoms with E-state index in [0.29, 0.717) is 19.7 Å². The van der Waals surface area contributed by atoms with E-state index >= 15 is 0 Å². The molecule has 1 N–H and O–H groups in total. The lowest BCUT2D eigenvalue weighted by Gasteiger charge is -2.38. The number of carbonyl (C=O) groups excluding carboxylic acids is 1. The first-order valence-corrected chi connectivity index (χ1v) is 10.0. The molecule has 4 rings (SSSR count). The molecule has 6 nitrogen and oxygen atoms in total. The van der Waals surface area contributed by atoms with E-state index in [4.69, 9.17) is 9.47 Å². The number of likely N-dealkylation sites (tertiary alicyclic amines) is 1. The minimum absolute atomic E-state index is 0.0117. The highest BCUT2D eigenvalue weighted by molar-refractivity contribution is 5.79. The Hall–Kier alpha value is -2.86. The van der Waals surface area contributed by atoms with Gasteiger partial charge in [0, 0.05) is 38.5 Å². The molecule has 1 heterocycles. The second-order valence-electron chi connectivity index (χ2n) is 7.52. The van der Waals surface area contributed by atoms with Gasteiger partial charge >= 0.3 is 12.1 Å². The Morgan fingerprint density at radius 2 is 1.59 bits per heavy atom. The molecule has 6 heteroatoms. The number of hydrogen-bond acceptors (Lipinski definition) is 4. The number of carboxylic acid groups (broad SMARTS) is 1. The van der Waals surface area contributed by atoms with Gasteiger partial charge in [0.25, 0.3) is 0 Å². The number of fused-ring (bicyclic) bond motifs is 3. The fourth-order valence-electron chi connectivity index (χ4n) is 4.43. The summed E-state index contributed by atoms with van der Waals surface area (Å²) >= 11 is 0. The van der Waals surface area contributed by atoms with Gasteiger partial charge in [-0.05, 0) is 29.2 Å². The van der Waals surface area contributed by atoms with Crippen LogP contribution in [0.2, 0.25) is 0 Å². The van der Waals surface area contributed by atoms with E-state index in [-0.39, 0.29) is 25.4 Å². The molecule has 0 unspecified atom stereocenters. The number of aliphatic carboxylic acids is 1. The maximum atomic E-state index is 12.6. The van der Waals surface area contributed by atoms with E-state index in [2.05, 4.69) is 24.3 Å². The molecule has 0 spiro atoms. The van der Waals surface area contributed by atoms with Crippen LogP contribution in [0.15, 0.2) is 48.5 Å². The van der Waals surface area contributed by atoms with E-state index in [1.165, 1.54) is 22.3 Å². The van der Waals surface area contributed by atoms with Gasteiger partial charge in [-0.15, -0.1) is 0 Å². The number of rotatable bonds is 5. The molecular weight excluding hydrogens is 370 g/mol. The topological polar surface area (TPSA) is 76.1 Å². The van der Waals surface area contributed by atoms with Gasteiger partial charge < -0.3 is 19.5 Å². The SMILES string of the molecule is CCOC1(C(=O)O)CCN(C(=O)OCC2c3ccccc3-c3ccccc32)CC1. The molecule has 152 valence electrons. The molecule has 1 saturated heterocycles. The largest absolute Gasteiger partial charge is 0.479 e. The van der Waals surface area contributed by atoms with Crippen LogP contribution in [0.25, 0.3) is 11.1 Å². The molecule has 2 aromatic rings. The van der Waals surface area contributed by atoms with Crippen LogP contribution in [0.3, 0.4) is 0 Å². The van der Waals surface area contributed by atoms with Gasteiger partial charge in [0.2, 0.25) is 0 Å². The Bertz CT molecular complexity index is 871. The van der Waals surface area contributed by atoms with Crippen molar-refractivity contribution in [2.75, 3.05) is 26.3 Å². The summed E-state index contributed by atoms with van der Waals surface area (Å²) in [5.74, 6) is -0.954. The van der Waals surface area contributed by atoms with Gasteiger partial charge in [-0.1, -0.05) is 48.5 Å². The minimum Gasteiger partial charge on any atom is -0.479 e. The molecule has 2 aromatic carbocycles. The zero-order valence-corrected chi connectivity index (χ0v) is 16.5. The van der Waals surface area contributed by atoms with Crippen LogP contribution in [-0.4, -0.2) is 54.0 Å². The Morgan fingerprint density at radius 3 is 2.10 bits per heavy atom. The predicted molar refractivity (Wildman–Crippen MR) is 108 cm³/mol. The summed E-state index contributed by atoms with van der Waals surface area (Å²) in [6, 6.07) is 16.4. The molecule has 1 aliphatic heterocycles. The van der Waals surface area contributed by atoms with Crippen molar-refractivity contribution in [2.45, 2.75) is 31.3 Å². The number of hydrogen-bond donors (Lipinski definition) is 1. The average Bonchev–Trinajstić information content (AvgIpc) is 3.06. The maximum absolute atomic E-state index is 12.6. The van der Waals surface area contributed by atoms with Crippen molar-refractivity contribution in [3.8, 4) is 11.1 Å². The van der Waals surface area contributed by atoms with Crippen molar-refractivity contribution < 1.29 is 24.2 Å². The van der Waals surface area contributed by atoms with E-state index in [1.54, 1.807) is 11.8 Å². The molecule has 0 atom stereocenters. The lowest BCUT2D eigenvalue weighted by Crippen LogP contribution is -2.52. The zero-order chi connectivity index (χ0) is 20.4. The number of carbonyl (C=O) groups is 2. The van der Waals surface area contributed by atoms with E-state index in [9.17, 15) is 14.7 Å². The predicted octanol–water partition coefficient (Wildman–Crippen LogP) is 3.89. The third kappa shape index (κ3) is 3.49. The first-order valence-electron chi connectivity index (χ1n) is 10.0. The molecule has 0 aromatic heterocycles. The monoisotopic (exact) mass is 395 g/mol. The van der Waals surface area contributed by atoms with Crippen LogP contribution in [0.5, 0.6) is 0 Å². The molecule has 1 fully saturated rings. The lowest BCUT2D eigenvalue weighted by molar-refractivity contribution is -0.171. The highest BCUT2D eigenvalue weighted by Gasteiger charge is 2.43. The summed E-state index contributed by atoms with van der Waals surface area (Å²) in [5.41, 5.74) is 3.51. The van der Waals surface area contributed by atoms with Gasteiger partial charge in [0.05, 0.1) is 0 Å². The quantitative estimate of drug-likeness (QED) is 0.831. The number of nitrogens with zero attached hydrogens (tertiary/aromatic N) is 1. The fourth-order valence-corrected chi connectivity index (χ4v) is 4.43. The summed E-state index contributed by atoms with van der Waals surface area (Å²) in [6.07, 6.45) is 0.128. The highest BCUT2D eigenvalue weighted by atomic mass is 16.6. The highest BCUT2D eigenvalue weighted by Crippen LogP contribution is 2.44. The van der Waals surface area contributed by atoms with Crippen molar-refractivity contribution in [3.05, 3.63) is 59.7 Å². The zero-order valence-electron chi connectivity index (χ0n) is 16.5. The molecule has 29 heavy (non-hydrogen) atoms. The van der Waals surface area contributed by atoms with Crippen LogP contribution in [0.4, 0.5) is 4.79 Å². The van der Waals surface area contributed by atoms with Crippen molar-refractivity contribution in [3.63, 3.8) is 0 Å². The molecule has 1 aliphatic carbocycles. The molecule has 1 amide bonds. The summed E-state index contributed by atoms with van der Waals surface area (Å²) < 4.78 is 11.2. The number of benzene rings is 2. The molecular formula is C23H25NO5. The Balaban J connectivity index is 1.42. The maximum Gasteiger partial charge on any atom is 0.409 e. The lowest BCUT2D eigenvalue weighted by atomic mass is 9.91. The summed E-state index contributed by atoms with van der Waals surface area (Å²) in [4.78, 5) is 25.8. The second-order valence-corrected chi connectivity index (χ2v) is 7.52. The van der Waals surface area contributed by atoms with Crippen molar-refractivity contribution in [1.29, 1.82) is 0 Å². The van der Waals surface area contributed by atoms with Crippen LogP contribution in [-0.2, 0) is 14.3 Å². The van der Waals surface area contributed by atoms with Gasteiger partial charge in [-0.25, -0.2) is 9.59 Å². The third-order valence-corrected chi connectivity index (χ3v) is 5.98. The smallest absolute Gasteiger partial charge is 0.409 e. The summed E-state index contributed by atoms with van der Waals surface area (Å²) in [6.45, 7) is 2.99. The summed E-state index contributed by atoms with van der Waals surface area (Å²) in [5, 5.41) is 9.52. The summed E-state index contributed by atoms with van der Waals surface area (Å²) in [7, 11) is 0. The normalized spacial score (nSPS) is 17.5. The fraction of sp³-hybridized carbons (Fsp3) is 0.391. The third-order valence-electron chi connectivity index (χ3n) is 5.98. The molecule has 0 bridgehead atoms. The number of piperidine rings is 1. The van der Waals surface area contributed by atoms with Crippen molar-refractivity contribution >= 4 is 12.1 Å². The number of ether oxygens (including phenoxy) is 2. The van der Waals surface area contributed by atoms with Crippen LogP contribution in [0, 0.1) is 0 Å². The van der Waals surface area contributed by atoms with Gasteiger partial charge in [0.15, 0.2) is 5.60 Å². The minimum atomic E-state index is -1.20. The van der Waals surface area contributed by atoms with E-state index in [0.717, 1.165) is 0 Å². The van der Waals surface area contributed by atoms with E-state index < -0.39 is 17.7 Å². The number of carboxylic acids is 1. The van der Waals surface area contributed by atoms with Crippen LogP contribution in [0.1, 0.15) is 36.8 Å². The Morgan fingerprint density at radius 1 is 1.03 bits per heavy atom. The average molecular weight is 395 g/mol. The van der Waals surface area contributed by atoms with Crippen molar-refractivity contribution in [1.82, 2.24) is 4.90 Å². The van der Waals surface area contributed by atoms with Gasteiger partial charge in [-0.3, -0.25) is 0 Å². The molecule has 0 saturated carbocycles. The number of amides is 1. The van der Waals surface area contributed by atoms with Gasteiger partial charge in [0.1, 0.15) is 6.61 Å². The van der Waals surface area contributed by atoms with Crippen LogP contribution < -0.4 is 0 Å². The standard InChI is InChI=1S/C23H25NO5/c1-2-29-23(21(25)26)11-13-24(14-12-23)22(27)28-15-20-18-9-5-3-7-16(18)17-8-4-6-10-19(17)20/h3-10,20H,2,11-15H2,1H3,(H,25,26). The molecule has 2 aliphatic rings. The Kier molecular flexibility index (Phi) is 5.28.